The van der Waals surface area contributed by atoms with Gasteiger partial charge in [0, 0.05) is 91.2 Å². The number of hydrogen-bond donors (Lipinski definition) is 4. The SMILES string of the molecule is O=C(NC12CC3CC(CC(C3)C1)C2)OCCOC(=O)C1(C(=O)OCCOC(=O)NC23CC4CC(CC(C4)C2)C3)C23C=CC4=C5C=CC6=C7CCC8C9C=CC%10=C%11C%12=C%13C%14=C(C2C4=C2C%14=C4C%13=C(C%119)C89C(C(=O)OCCOC(=O)NC8%11CC%13CC(CC(C%13)C8)C%11)(C(=O)OCCOC(=O)NC8%11CC%13CC(CC(C%13)C8)C%11)C79C4C6C52)C2C%12C%10C=CC213. The van der Waals surface area contributed by atoms with Crippen molar-refractivity contribution in [2.45, 2.75) is 189 Å². The van der Waals surface area contributed by atoms with Crippen molar-refractivity contribution < 1.29 is 76.3 Å². The van der Waals surface area contributed by atoms with Gasteiger partial charge >= 0.3 is 48.3 Å². The molecule has 0 aromatic rings. The maximum Gasteiger partial charge on any atom is 0.407 e. The van der Waals surface area contributed by atoms with E-state index in [-0.39, 0.29) is 122 Å². The number of amides is 4. The largest absolute Gasteiger partial charge is 0.461 e. The van der Waals surface area contributed by atoms with E-state index >= 15 is 19.2 Å². The molecule has 0 aromatic carbocycles. The van der Waals surface area contributed by atoms with E-state index in [0.717, 1.165) is 99.3 Å². The van der Waals surface area contributed by atoms with E-state index in [1.54, 1.807) is 0 Å². The molecule has 34 rings (SSSR count). The van der Waals surface area contributed by atoms with Crippen LogP contribution in [0.2, 0.25) is 0 Å². The minimum Gasteiger partial charge on any atom is -0.461 e. The van der Waals surface area contributed by atoms with Gasteiger partial charge in [0.25, 0.3) is 0 Å². The lowest BCUT2D eigenvalue weighted by Gasteiger charge is -2.56. The standard InChI is InChI=1S/C98H102N4O16/c103-81(111-11-15-115-85(107)99-89-31-43-19-44(32-89)21-45(20-43)33-89)97(82(104)112-12-16-116-86(108)100-90-34-46-22-47(35-90)24-48(23-46)36-90)93-9-7-57-55-1-3-59-61-5-6-62-60-4-2-56-58-8-10-94(93,97)78-66(58)70-64(56)68(60)80-75-72(70)73-71-69(65(57)77(93)76(73)78)63(55)67(59)79(74(71)75)95(61)96(62,80)98(95,83(105)113-13-17-117-87(109)101-91-37-49-25-50(38-91)27-51(26-49)39-91)84(106)114-14-18-118-88(110)102-92-40-52-28-53(41-92)30-54(29-52)42-92/h1-4,7-10,43-54,57,59,61,64-65,67-68,77-78,80H,5-6,11-42H2,(H,99,107)(H,100,108)(H,101,109)(H,102,110). The summed E-state index contributed by atoms with van der Waals surface area (Å²) < 4.78 is 51.3. The van der Waals surface area contributed by atoms with Gasteiger partial charge in [-0.1, -0.05) is 54.2 Å². The van der Waals surface area contributed by atoms with Crippen molar-refractivity contribution >= 4 is 48.3 Å². The number of esters is 4. The summed E-state index contributed by atoms with van der Waals surface area (Å²) >= 11 is 0. The zero-order chi connectivity index (χ0) is 77.7. The Bertz CT molecular complexity index is 5150. The molecule has 0 heterocycles. The fraction of sp³-hybridized carbons (Fsp3) is 0.673. The van der Waals surface area contributed by atoms with Crippen LogP contribution >= 0.6 is 0 Å². The van der Waals surface area contributed by atoms with Gasteiger partial charge in [-0.25, -0.2) is 19.2 Å². The van der Waals surface area contributed by atoms with Crippen LogP contribution in [0.25, 0.3) is 0 Å². The van der Waals surface area contributed by atoms with Crippen LogP contribution in [-0.4, -0.2) is 123 Å². The molecule has 14 atom stereocenters. The molecule has 34 aliphatic rings. The molecule has 21 saturated carbocycles. The van der Waals surface area contributed by atoms with E-state index in [1.165, 1.54) is 144 Å². The molecular formula is C98H102N4O16. The van der Waals surface area contributed by atoms with E-state index in [0.29, 0.717) is 83.9 Å². The molecule has 0 aromatic heterocycles. The summed E-state index contributed by atoms with van der Waals surface area (Å²) in [5, 5.41) is 13.4. The highest BCUT2D eigenvalue weighted by atomic mass is 16.6. The molecule has 20 nitrogen and oxygen atoms in total. The summed E-state index contributed by atoms with van der Waals surface area (Å²) in [6, 6.07) is 0. The van der Waals surface area contributed by atoms with Crippen LogP contribution in [0, 0.1) is 163 Å². The topological polar surface area (TPSA) is 259 Å². The number of hydrogen-bond acceptors (Lipinski definition) is 16. The summed E-state index contributed by atoms with van der Waals surface area (Å²) in [4.78, 5) is 125. The van der Waals surface area contributed by atoms with Crippen LogP contribution in [-0.2, 0) is 57.1 Å². The van der Waals surface area contributed by atoms with Crippen molar-refractivity contribution in [1.82, 2.24) is 21.3 Å². The molecule has 4 N–H and O–H groups in total. The lowest BCUT2D eigenvalue weighted by molar-refractivity contribution is -0.172. The molecule has 16 bridgehead atoms. The predicted molar refractivity (Wildman–Crippen MR) is 417 cm³/mol. The first-order valence-electron chi connectivity index (χ1n) is 46.6. The van der Waals surface area contributed by atoms with Gasteiger partial charge in [-0.3, -0.25) is 19.2 Å². The van der Waals surface area contributed by atoms with Crippen molar-refractivity contribution in [1.29, 1.82) is 0 Å². The number of allylic oxidation sites excluding steroid dienone is 24. The normalized spacial score (nSPS) is 50.6. The fourth-order valence-electron chi connectivity index (χ4n) is 40.4. The van der Waals surface area contributed by atoms with Crippen molar-refractivity contribution in [3.05, 3.63) is 138 Å². The maximum absolute atomic E-state index is 17.3. The predicted octanol–water partition coefficient (Wildman–Crippen LogP) is 13.6. The Kier molecular flexibility index (Phi) is 12.2. The number of nitrogens with one attached hydrogen (secondary N) is 4. The summed E-state index contributed by atoms with van der Waals surface area (Å²) in [6.45, 7) is -1.88. The minimum absolute atomic E-state index is 0.137. The first-order valence-corrected chi connectivity index (χ1v) is 46.6. The molecule has 21 fully saturated rings. The van der Waals surface area contributed by atoms with E-state index in [4.69, 9.17) is 37.9 Å². The van der Waals surface area contributed by atoms with Crippen LogP contribution in [0.4, 0.5) is 19.2 Å². The molecule has 0 radical (unpaired) electrons. The number of alkyl carbamates (subject to hydrolysis) is 4. The van der Waals surface area contributed by atoms with Crippen LogP contribution in [0.3, 0.4) is 0 Å². The van der Waals surface area contributed by atoms with Gasteiger partial charge in [0.1, 0.15) is 52.9 Å². The summed E-state index contributed by atoms with van der Waals surface area (Å²) in [5.74, 6) is 1.94. The quantitative estimate of drug-likeness (QED) is 0.0290. The van der Waals surface area contributed by atoms with Crippen LogP contribution in [0.1, 0.15) is 167 Å². The number of ether oxygens (including phenoxy) is 8. The van der Waals surface area contributed by atoms with Gasteiger partial charge < -0.3 is 59.2 Å². The summed E-state index contributed by atoms with van der Waals surface area (Å²) in [5.41, 5.74) is 9.42. The second-order valence-corrected chi connectivity index (χ2v) is 45.0. The van der Waals surface area contributed by atoms with E-state index < -0.39 is 92.6 Å². The highest BCUT2D eigenvalue weighted by molar-refractivity contribution is 6.15. The van der Waals surface area contributed by atoms with Gasteiger partial charge in [0.15, 0.2) is 10.8 Å². The zero-order valence-corrected chi connectivity index (χ0v) is 66.9. The van der Waals surface area contributed by atoms with Gasteiger partial charge in [-0.05, 0) is 333 Å². The Morgan fingerprint density at radius 1 is 0.356 bits per heavy atom. The van der Waals surface area contributed by atoms with E-state index in [9.17, 15) is 19.2 Å². The zero-order valence-electron chi connectivity index (χ0n) is 66.9. The van der Waals surface area contributed by atoms with Crippen LogP contribution in [0.15, 0.2) is 138 Å². The van der Waals surface area contributed by atoms with Gasteiger partial charge in [-0.15, -0.1) is 0 Å². The molecule has 0 saturated heterocycles. The van der Waals surface area contributed by atoms with Crippen molar-refractivity contribution in [2.75, 3.05) is 52.9 Å². The Morgan fingerprint density at radius 2 is 0.788 bits per heavy atom. The molecular weight excluding hydrogens is 1490 g/mol. The van der Waals surface area contributed by atoms with Gasteiger partial charge in [0.2, 0.25) is 0 Å². The highest BCUT2D eigenvalue weighted by Crippen LogP contribution is 3.05. The fourth-order valence-corrected chi connectivity index (χ4v) is 40.4. The van der Waals surface area contributed by atoms with Crippen LogP contribution < -0.4 is 21.3 Å². The summed E-state index contributed by atoms with van der Waals surface area (Å²) in [7, 11) is 0. The number of fused-ring (bicyclic) bond motifs is 2. The van der Waals surface area contributed by atoms with E-state index in [2.05, 4.69) is 69.9 Å². The lowest BCUT2D eigenvalue weighted by Crippen LogP contribution is -2.60. The maximum atomic E-state index is 17.3. The van der Waals surface area contributed by atoms with Gasteiger partial charge in [-0.2, -0.15) is 0 Å². The Hall–Kier alpha value is -8.16. The molecule has 4 amide bonds. The Morgan fingerprint density at radius 3 is 1.25 bits per heavy atom. The smallest absolute Gasteiger partial charge is 0.407 e. The number of carbonyl (C=O) groups excluding carboxylic acids is 8. The molecule has 610 valence electrons. The minimum atomic E-state index is -1.95. The summed E-state index contributed by atoms with van der Waals surface area (Å²) in [6.07, 6.45) is 44.0. The molecule has 0 aliphatic heterocycles. The number of carbonyl (C=O) groups is 8. The third-order valence-corrected chi connectivity index (χ3v) is 40.4. The van der Waals surface area contributed by atoms with Crippen molar-refractivity contribution in [3.8, 4) is 0 Å². The molecule has 34 aliphatic carbocycles. The lowest BCUT2D eigenvalue weighted by atomic mass is 9.53. The third-order valence-electron chi connectivity index (χ3n) is 40.4. The Balaban J connectivity index is 0.535. The molecule has 4 spiro atoms. The van der Waals surface area contributed by atoms with Crippen LogP contribution in [0.5, 0.6) is 0 Å². The van der Waals surface area contributed by atoms with E-state index in [1.807, 2.05) is 0 Å². The third kappa shape index (κ3) is 7.22. The van der Waals surface area contributed by atoms with Gasteiger partial charge in [0.05, 0.1) is 0 Å². The molecule has 118 heavy (non-hydrogen) atoms. The monoisotopic (exact) mass is 1590 g/mol. The molecule has 14 unspecified atom stereocenters. The highest BCUT2D eigenvalue weighted by Gasteiger charge is 3.07. The first kappa shape index (κ1) is 67.5. The van der Waals surface area contributed by atoms with Crippen molar-refractivity contribution in [3.63, 3.8) is 0 Å². The second-order valence-electron chi connectivity index (χ2n) is 45.0. The average molecular weight is 1590 g/mol. The Labute approximate surface area is 684 Å². The number of rotatable bonds is 20. The molecule has 20 heteroatoms. The second kappa shape index (κ2) is 21.3. The first-order chi connectivity index (χ1) is 57.4. The van der Waals surface area contributed by atoms with Crippen molar-refractivity contribution in [2.24, 2.45) is 163 Å². The average Bonchev–Trinajstić information content (AvgIpc) is 1.37.